The van der Waals surface area contributed by atoms with Crippen LogP contribution >= 0.6 is 0 Å². The number of hydrogen-bond acceptors (Lipinski definition) is 4. The molecular formula is C15H14FN3O. The van der Waals surface area contributed by atoms with Gasteiger partial charge in [0.1, 0.15) is 5.58 Å². The second kappa shape index (κ2) is 5.81. The minimum atomic E-state index is 0.458. The standard InChI is InChI=1S/C15H14FN3O/c16-18-19(10-12-3-6-17-7-4-12)11-13-1-2-15-14(9-13)5-8-20-15/h1-9,18H,10-11H2. The van der Waals surface area contributed by atoms with Gasteiger partial charge in [0.2, 0.25) is 0 Å². The minimum Gasteiger partial charge on any atom is -0.464 e. The maximum atomic E-state index is 12.9. The molecule has 2 aromatic heterocycles. The molecule has 3 aromatic rings. The van der Waals surface area contributed by atoms with E-state index in [0.717, 1.165) is 22.1 Å². The molecule has 0 amide bonds. The molecule has 0 aliphatic carbocycles. The van der Waals surface area contributed by atoms with E-state index >= 15 is 0 Å². The van der Waals surface area contributed by atoms with Crippen LogP contribution in [0.25, 0.3) is 11.0 Å². The molecule has 0 aliphatic heterocycles. The largest absolute Gasteiger partial charge is 0.464 e. The van der Waals surface area contributed by atoms with Crippen LogP contribution in [-0.2, 0) is 13.1 Å². The van der Waals surface area contributed by atoms with Crippen LogP contribution in [0.5, 0.6) is 0 Å². The van der Waals surface area contributed by atoms with Crippen molar-refractivity contribution in [1.29, 1.82) is 0 Å². The monoisotopic (exact) mass is 271 g/mol. The van der Waals surface area contributed by atoms with Crippen molar-refractivity contribution >= 4 is 11.0 Å². The molecular weight excluding hydrogens is 257 g/mol. The van der Waals surface area contributed by atoms with E-state index in [-0.39, 0.29) is 0 Å². The van der Waals surface area contributed by atoms with E-state index in [1.165, 1.54) is 5.01 Å². The normalized spacial score (nSPS) is 11.3. The van der Waals surface area contributed by atoms with Gasteiger partial charge < -0.3 is 4.42 Å². The molecule has 2 heterocycles. The highest BCUT2D eigenvalue weighted by atomic mass is 19.2. The Hall–Kier alpha value is -2.24. The van der Waals surface area contributed by atoms with Crippen molar-refractivity contribution in [3.63, 3.8) is 0 Å². The third-order valence-corrected chi connectivity index (χ3v) is 3.13. The lowest BCUT2D eigenvalue weighted by Crippen LogP contribution is -2.31. The summed E-state index contributed by atoms with van der Waals surface area (Å²) in [5.74, 6) is 0. The third-order valence-electron chi connectivity index (χ3n) is 3.13. The topological polar surface area (TPSA) is 41.3 Å². The summed E-state index contributed by atoms with van der Waals surface area (Å²) in [6.45, 7) is 0.919. The molecule has 5 heteroatoms. The van der Waals surface area contributed by atoms with Crippen LogP contribution in [0.15, 0.2) is 59.5 Å². The van der Waals surface area contributed by atoms with E-state index in [4.69, 9.17) is 4.42 Å². The van der Waals surface area contributed by atoms with Gasteiger partial charge in [-0.25, -0.2) is 5.01 Å². The van der Waals surface area contributed by atoms with Gasteiger partial charge in [-0.2, -0.15) is 0 Å². The Morgan fingerprint density at radius 3 is 2.65 bits per heavy atom. The van der Waals surface area contributed by atoms with Gasteiger partial charge in [-0.3, -0.25) is 4.98 Å². The van der Waals surface area contributed by atoms with Crippen LogP contribution < -0.4 is 5.65 Å². The van der Waals surface area contributed by atoms with Gasteiger partial charge in [-0.1, -0.05) is 11.7 Å². The molecule has 0 aliphatic rings. The van der Waals surface area contributed by atoms with Crippen LogP contribution in [0.2, 0.25) is 0 Å². The van der Waals surface area contributed by atoms with Crippen LogP contribution in [0.4, 0.5) is 4.48 Å². The number of aromatic nitrogens is 1. The van der Waals surface area contributed by atoms with Crippen molar-refractivity contribution < 1.29 is 8.90 Å². The highest BCUT2D eigenvalue weighted by Crippen LogP contribution is 2.18. The van der Waals surface area contributed by atoms with E-state index < -0.39 is 0 Å². The van der Waals surface area contributed by atoms with Crippen molar-refractivity contribution in [1.82, 2.24) is 15.6 Å². The lowest BCUT2D eigenvalue weighted by molar-refractivity contribution is 0.0477. The fraction of sp³-hybridized carbons (Fsp3) is 0.133. The summed E-state index contributed by atoms with van der Waals surface area (Å²) in [7, 11) is 0. The number of hydrogen-bond donors (Lipinski definition) is 1. The lowest BCUT2D eigenvalue weighted by atomic mass is 10.1. The van der Waals surface area contributed by atoms with Crippen molar-refractivity contribution in [3.05, 3.63) is 66.2 Å². The molecule has 0 unspecified atom stereocenters. The van der Waals surface area contributed by atoms with E-state index in [2.05, 4.69) is 4.98 Å². The smallest absolute Gasteiger partial charge is 0.133 e. The first kappa shape index (κ1) is 12.8. The zero-order valence-corrected chi connectivity index (χ0v) is 10.8. The molecule has 0 spiro atoms. The van der Waals surface area contributed by atoms with Crippen LogP contribution in [0.1, 0.15) is 11.1 Å². The number of nitrogens with zero attached hydrogens (tertiary/aromatic N) is 2. The predicted octanol–water partition coefficient (Wildman–Crippen LogP) is 3.22. The maximum absolute atomic E-state index is 12.9. The zero-order valence-electron chi connectivity index (χ0n) is 10.8. The second-order valence-corrected chi connectivity index (χ2v) is 4.59. The molecule has 102 valence electrons. The van der Waals surface area contributed by atoms with Crippen molar-refractivity contribution in [2.45, 2.75) is 13.1 Å². The summed E-state index contributed by atoms with van der Waals surface area (Å²) in [6, 6.07) is 11.5. The Kier molecular flexibility index (Phi) is 3.71. The molecule has 0 fully saturated rings. The quantitative estimate of drug-likeness (QED) is 0.571. The van der Waals surface area contributed by atoms with Crippen molar-refractivity contribution in [3.8, 4) is 0 Å². The lowest BCUT2D eigenvalue weighted by Gasteiger charge is -2.18. The van der Waals surface area contributed by atoms with Crippen LogP contribution in [0.3, 0.4) is 0 Å². The van der Waals surface area contributed by atoms with Crippen LogP contribution in [-0.4, -0.2) is 9.99 Å². The summed E-state index contributed by atoms with van der Waals surface area (Å²) < 4.78 is 18.2. The molecule has 3 rings (SSSR count). The summed E-state index contributed by atoms with van der Waals surface area (Å²) in [5.41, 5.74) is 4.57. The predicted molar refractivity (Wildman–Crippen MR) is 73.9 cm³/mol. The van der Waals surface area contributed by atoms with Gasteiger partial charge in [-0.15, -0.1) is 4.48 Å². The fourth-order valence-corrected chi connectivity index (χ4v) is 2.16. The Morgan fingerprint density at radius 2 is 1.85 bits per heavy atom. The summed E-state index contributed by atoms with van der Waals surface area (Å²) in [5, 5.41) is 2.52. The van der Waals surface area contributed by atoms with Gasteiger partial charge in [0.25, 0.3) is 0 Å². The zero-order chi connectivity index (χ0) is 13.8. The number of fused-ring (bicyclic) bond motifs is 1. The first-order chi connectivity index (χ1) is 9.85. The first-order valence-corrected chi connectivity index (χ1v) is 6.31. The number of rotatable bonds is 5. The average Bonchev–Trinajstić information content (AvgIpc) is 2.95. The molecule has 1 N–H and O–H groups in total. The van der Waals surface area contributed by atoms with E-state index in [1.54, 1.807) is 24.3 Å². The molecule has 4 nitrogen and oxygen atoms in total. The van der Waals surface area contributed by atoms with Crippen molar-refractivity contribution in [2.24, 2.45) is 0 Å². The minimum absolute atomic E-state index is 0.458. The molecule has 0 saturated carbocycles. The van der Waals surface area contributed by atoms with Gasteiger partial charge in [0.15, 0.2) is 0 Å². The molecule has 0 saturated heterocycles. The molecule has 0 atom stereocenters. The Balaban J connectivity index is 1.73. The number of nitrogens with one attached hydrogen (secondary N) is 1. The summed E-state index contributed by atoms with van der Waals surface area (Å²) in [4.78, 5) is 3.95. The van der Waals surface area contributed by atoms with Gasteiger partial charge in [0, 0.05) is 30.9 Å². The Labute approximate surface area is 115 Å². The number of hydrazine groups is 1. The maximum Gasteiger partial charge on any atom is 0.133 e. The summed E-state index contributed by atoms with van der Waals surface area (Å²) >= 11 is 0. The van der Waals surface area contributed by atoms with Gasteiger partial charge in [-0.05, 0) is 41.5 Å². The highest BCUT2D eigenvalue weighted by Gasteiger charge is 2.07. The van der Waals surface area contributed by atoms with E-state index in [0.29, 0.717) is 13.1 Å². The van der Waals surface area contributed by atoms with Crippen LogP contribution in [0, 0.1) is 0 Å². The molecule has 1 aromatic carbocycles. The SMILES string of the molecule is FNN(Cc1ccncc1)Cc1ccc2occc2c1. The summed E-state index contributed by atoms with van der Waals surface area (Å²) in [6.07, 6.45) is 5.04. The Bertz CT molecular complexity index is 684. The first-order valence-electron chi connectivity index (χ1n) is 6.31. The number of halogens is 1. The molecule has 0 bridgehead atoms. The average molecular weight is 271 g/mol. The molecule has 20 heavy (non-hydrogen) atoms. The van der Waals surface area contributed by atoms with Crippen molar-refractivity contribution in [2.75, 3.05) is 0 Å². The number of pyridine rings is 1. The molecule has 0 radical (unpaired) electrons. The van der Waals surface area contributed by atoms with Gasteiger partial charge >= 0.3 is 0 Å². The third kappa shape index (κ3) is 2.84. The van der Waals surface area contributed by atoms with E-state index in [1.807, 2.05) is 36.4 Å². The Morgan fingerprint density at radius 1 is 1.05 bits per heavy atom. The second-order valence-electron chi connectivity index (χ2n) is 4.59. The number of furan rings is 1. The number of benzene rings is 1. The van der Waals surface area contributed by atoms with E-state index in [9.17, 15) is 4.48 Å². The highest BCUT2D eigenvalue weighted by molar-refractivity contribution is 5.77. The van der Waals surface area contributed by atoms with Gasteiger partial charge in [0.05, 0.1) is 6.26 Å². The fourth-order valence-electron chi connectivity index (χ4n) is 2.16.